The van der Waals surface area contributed by atoms with Crippen molar-refractivity contribution in [3.05, 3.63) is 0 Å². The van der Waals surface area contributed by atoms with Gasteiger partial charge in [-0.05, 0) is 39.3 Å². The van der Waals surface area contributed by atoms with Crippen LogP contribution in [-0.2, 0) is 0 Å². The van der Waals surface area contributed by atoms with E-state index in [2.05, 4.69) is 29.4 Å². The van der Waals surface area contributed by atoms with Crippen LogP contribution in [0.4, 0.5) is 4.79 Å². The maximum Gasteiger partial charge on any atom is 0.315 e. The minimum Gasteiger partial charge on any atom is -0.391 e. The number of amides is 2. The molecular weight excluding hydrogens is 254 g/mol. The van der Waals surface area contributed by atoms with Crippen LogP contribution in [0.25, 0.3) is 0 Å². The van der Waals surface area contributed by atoms with E-state index < -0.39 is 6.10 Å². The van der Waals surface area contributed by atoms with Gasteiger partial charge in [0.05, 0.1) is 12.1 Å². The van der Waals surface area contributed by atoms with E-state index in [9.17, 15) is 9.90 Å². The fourth-order valence-corrected chi connectivity index (χ4v) is 2.83. The van der Waals surface area contributed by atoms with Crippen LogP contribution in [0.5, 0.6) is 0 Å². The molecule has 0 aromatic heterocycles. The minimum atomic E-state index is -0.403. The molecule has 0 radical (unpaired) electrons. The number of nitrogens with one attached hydrogen (secondary N) is 2. The summed E-state index contributed by atoms with van der Waals surface area (Å²) in [6, 6.07) is -0.214. The zero-order valence-electron chi connectivity index (χ0n) is 13.6. The third-order valence-corrected chi connectivity index (χ3v) is 4.29. The topological polar surface area (TPSA) is 64.6 Å². The van der Waals surface area contributed by atoms with Crippen molar-refractivity contribution in [3.8, 4) is 0 Å². The van der Waals surface area contributed by atoms with Crippen molar-refractivity contribution in [3.63, 3.8) is 0 Å². The molecule has 0 heterocycles. The summed E-state index contributed by atoms with van der Waals surface area (Å²) in [7, 11) is 4.07. The fourth-order valence-electron chi connectivity index (χ4n) is 2.83. The molecule has 0 saturated heterocycles. The largest absolute Gasteiger partial charge is 0.391 e. The number of hydrogen-bond donors (Lipinski definition) is 3. The first-order valence-corrected chi connectivity index (χ1v) is 7.62. The van der Waals surface area contributed by atoms with E-state index >= 15 is 0 Å². The Morgan fingerprint density at radius 2 is 1.95 bits per heavy atom. The number of urea groups is 1. The fraction of sp³-hybridized carbons (Fsp3) is 0.933. The molecule has 3 N–H and O–H groups in total. The summed E-state index contributed by atoms with van der Waals surface area (Å²) in [5, 5.41) is 15.8. The third kappa shape index (κ3) is 5.29. The van der Waals surface area contributed by atoms with Gasteiger partial charge in [-0.1, -0.05) is 26.7 Å². The number of carbonyl (C=O) groups is 1. The van der Waals surface area contributed by atoms with Gasteiger partial charge in [0.15, 0.2) is 0 Å². The molecule has 1 saturated carbocycles. The van der Waals surface area contributed by atoms with Gasteiger partial charge in [0.1, 0.15) is 0 Å². The summed E-state index contributed by atoms with van der Waals surface area (Å²) in [6.45, 7) is 7.22. The molecule has 2 amide bonds. The standard InChI is InChI=1S/C15H31N3O2/c1-11(15(2,3)10-18(4)5)16-14(20)17-12-8-6-7-9-13(12)19/h11-13,19H,6-10H2,1-5H3,(H2,16,17,20)/t11-,12-,13+/m0/s1. The summed E-state index contributed by atoms with van der Waals surface area (Å²) in [4.78, 5) is 14.2. The lowest BCUT2D eigenvalue weighted by Gasteiger charge is -2.36. The number of nitrogens with zero attached hydrogens (tertiary/aromatic N) is 1. The van der Waals surface area contributed by atoms with Gasteiger partial charge in [0, 0.05) is 12.6 Å². The second-order valence-corrected chi connectivity index (χ2v) is 7.02. The number of aliphatic hydroxyl groups excluding tert-OH is 1. The predicted octanol–water partition coefficient (Wildman–Crippen LogP) is 1.57. The summed E-state index contributed by atoms with van der Waals surface area (Å²) < 4.78 is 0. The van der Waals surface area contributed by atoms with Crippen LogP contribution in [0, 0.1) is 5.41 Å². The SMILES string of the molecule is C[C@H](NC(=O)N[C@H]1CCCC[C@H]1O)C(C)(C)CN(C)C. The molecule has 0 unspecified atom stereocenters. The van der Waals surface area contributed by atoms with Gasteiger partial charge in [-0.25, -0.2) is 4.79 Å². The van der Waals surface area contributed by atoms with Gasteiger partial charge in [-0.3, -0.25) is 0 Å². The molecule has 0 aromatic rings. The Hall–Kier alpha value is -0.810. The lowest BCUT2D eigenvalue weighted by atomic mass is 9.85. The molecule has 0 aromatic carbocycles. The van der Waals surface area contributed by atoms with Crippen molar-refractivity contribution in [2.75, 3.05) is 20.6 Å². The third-order valence-electron chi connectivity index (χ3n) is 4.29. The Balaban J connectivity index is 2.44. The van der Waals surface area contributed by atoms with Crippen LogP contribution in [0.15, 0.2) is 0 Å². The smallest absolute Gasteiger partial charge is 0.315 e. The number of aliphatic hydroxyl groups is 1. The first-order valence-electron chi connectivity index (χ1n) is 7.62. The zero-order valence-corrected chi connectivity index (χ0v) is 13.6. The quantitative estimate of drug-likeness (QED) is 0.718. The number of rotatable bonds is 5. The van der Waals surface area contributed by atoms with Gasteiger partial charge < -0.3 is 20.6 Å². The van der Waals surface area contributed by atoms with Crippen molar-refractivity contribution in [1.82, 2.24) is 15.5 Å². The van der Waals surface area contributed by atoms with Crippen LogP contribution < -0.4 is 10.6 Å². The van der Waals surface area contributed by atoms with E-state index in [0.717, 1.165) is 32.2 Å². The Labute approximate surface area is 123 Å². The Kier molecular flexibility index (Phi) is 6.27. The lowest BCUT2D eigenvalue weighted by Crippen LogP contribution is -2.54. The van der Waals surface area contributed by atoms with Crippen molar-refractivity contribution in [2.45, 2.75) is 64.6 Å². The molecule has 0 aliphatic heterocycles. The molecular formula is C15H31N3O2. The molecule has 5 nitrogen and oxygen atoms in total. The molecule has 118 valence electrons. The van der Waals surface area contributed by atoms with Crippen LogP contribution >= 0.6 is 0 Å². The van der Waals surface area contributed by atoms with Gasteiger partial charge >= 0.3 is 6.03 Å². The molecule has 0 bridgehead atoms. The van der Waals surface area contributed by atoms with E-state index in [1.165, 1.54) is 0 Å². The first kappa shape index (κ1) is 17.2. The van der Waals surface area contributed by atoms with Gasteiger partial charge in [0.2, 0.25) is 0 Å². The Morgan fingerprint density at radius 3 is 2.50 bits per heavy atom. The highest BCUT2D eigenvalue weighted by Crippen LogP contribution is 2.21. The molecule has 1 fully saturated rings. The Morgan fingerprint density at radius 1 is 1.35 bits per heavy atom. The molecule has 20 heavy (non-hydrogen) atoms. The first-order chi connectivity index (χ1) is 9.22. The van der Waals surface area contributed by atoms with E-state index in [4.69, 9.17) is 0 Å². The number of hydrogen-bond acceptors (Lipinski definition) is 3. The van der Waals surface area contributed by atoms with Crippen LogP contribution in [0.1, 0.15) is 46.5 Å². The summed E-state index contributed by atoms with van der Waals surface area (Å²) in [6.07, 6.45) is 3.37. The van der Waals surface area contributed by atoms with E-state index in [0.29, 0.717) is 0 Å². The second kappa shape index (κ2) is 7.27. The highest BCUT2D eigenvalue weighted by Gasteiger charge is 2.29. The van der Waals surface area contributed by atoms with Crippen LogP contribution in [-0.4, -0.2) is 54.9 Å². The van der Waals surface area contributed by atoms with E-state index in [1.807, 2.05) is 21.0 Å². The minimum absolute atomic E-state index is 0.00792. The van der Waals surface area contributed by atoms with E-state index in [1.54, 1.807) is 0 Å². The van der Waals surface area contributed by atoms with Gasteiger partial charge in [-0.15, -0.1) is 0 Å². The van der Waals surface area contributed by atoms with Crippen molar-refractivity contribution < 1.29 is 9.90 Å². The van der Waals surface area contributed by atoms with Crippen LogP contribution in [0.3, 0.4) is 0 Å². The molecule has 1 aliphatic carbocycles. The maximum atomic E-state index is 12.1. The van der Waals surface area contributed by atoms with Gasteiger partial charge in [-0.2, -0.15) is 0 Å². The molecule has 1 rings (SSSR count). The highest BCUT2D eigenvalue weighted by molar-refractivity contribution is 5.74. The molecule has 0 spiro atoms. The summed E-state index contributed by atoms with van der Waals surface area (Å²) in [5.41, 5.74) is -0.00792. The van der Waals surface area contributed by atoms with E-state index in [-0.39, 0.29) is 23.5 Å². The summed E-state index contributed by atoms with van der Waals surface area (Å²) >= 11 is 0. The Bertz CT molecular complexity index is 318. The second-order valence-electron chi connectivity index (χ2n) is 7.02. The monoisotopic (exact) mass is 285 g/mol. The lowest BCUT2D eigenvalue weighted by molar-refractivity contribution is 0.0930. The predicted molar refractivity (Wildman–Crippen MR) is 81.7 cm³/mol. The van der Waals surface area contributed by atoms with Crippen LogP contribution in [0.2, 0.25) is 0 Å². The zero-order chi connectivity index (χ0) is 15.3. The number of carbonyl (C=O) groups excluding carboxylic acids is 1. The normalized spacial score (nSPS) is 25.4. The molecule has 1 aliphatic rings. The molecule has 3 atom stereocenters. The van der Waals surface area contributed by atoms with Crippen molar-refractivity contribution >= 4 is 6.03 Å². The van der Waals surface area contributed by atoms with Crippen molar-refractivity contribution in [2.24, 2.45) is 5.41 Å². The van der Waals surface area contributed by atoms with Crippen molar-refractivity contribution in [1.29, 1.82) is 0 Å². The highest BCUT2D eigenvalue weighted by atomic mass is 16.3. The van der Waals surface area contributed by atoms with Gasteiger partial charge in [0.25, 0.3) is 0 Å². The molecule has 5 heteroatoms. The summed E-state index contributed by atoms with van der Waals surface area (Å²) in [5.74, 6) is 0. The maximum absolute atomic E-state index is 12.1. The average molecular weight is 285 g/mol. The average Bonchev–Trinajstić information content (AvgIpc) is 2.30.